The van der Waals surface area contributed by atoms with Crippen molar-refractivity contribution in [1.29, 1.82) is 0 Å². The van der Waals surface area contributed by atoms with E-state index >= 15 is 0 Å². The van der Waals surface area contributed by atoms with Crippen LogP contribution in [0.4, 0.5) is 0 Å². The minimum atomic E-state index is -0.264. The molecule has 1 aromatic heterocycles. The van der Waals surface area contributed by atoms with Crippen molar-refractivity contribution in [3.8, 4) is 0 Å². The molecule has 22 heavy (non-hydrogen) atoms. The van der Waals surface area contributed by atoms with E-state index in [4.69, 9.17) is 0 Å². The van der Waals surface area contributed by atoms with Crippen LogP contribution in [0.25, 0.3) is 0 Å². The van der Waals surface area contributed by atoms with Gasteiger partial charge in [0.25, 0.3) is 5.91 Å². The normalized spacial score (nSPS) is 25.0. The fourth-order valence-corrected chi connectivity index (χ4v) is 3.74. The summed E-state index contributed by atoms with van der Waals surface area (Å²) in [5.41, 5.74) is -0.264. The van der Waals surface area contributed by atoms with Crippen LogP contribution in [0.5, 0.6) is 0 Å². The highest BCUT2D eigenvalue weighted by atomic mass is 35.5. The molecule has 5 nitrogen and oxygen atoms in total. The number of nitrogens with zero attached hydrogens (tertiary/aromatic N) is 2. The number of nitrogens with one attached hydrogen (secondary N) is 1. The number of amides is 2. The summed E-state index contributed by atoms with van der Waals surface area (Å²) in [5.74, 6) is 0.321. The first-order valence-electron chi connectivity index (χ1n) is 7.43. The molecule has 1 N–H and O–H groups in total. The van der Waals surface area contributed by atoms with Crippen molar-refractivity contribution in [1.82, 2.24) is 15.1 Å². The maximum Gasteiger partial charge on any atom is 0.264 e. The molecule has 1 aromatic rings. The van der Waals surface area contributed by atoms with Crippen LogP contribution in [-0.4, -0.2) is 60.9 Å². The van der Waals surface area contributed by atoms with E-state index in [1.54, 1.807) is 0 Å². The van der Waals surface area contributed by atoms with Gasteiger partial charge in [0.05, 0.1) is 10.3 Å². The topological polar surface area (TPSA) is 52.7 Å². The lowest BCUT2D eigenvalue weighted by molar-refractivity contribution is -0.141. The second kappa shape index (κ2) is 6.98. The monoisotopic (exact) mass is 343 g/mol. The standard InChI is InChI=1S/C15H21N3O2S.ClH/c1-15(4-5-16-11-15)14(20)18-8-6-17(7-9-18)13(19)12-3-2-10-21-12;/h2-3,10,16H,4-9,11H2,1H3;1H. The van der Waals surface area contributed by atoms with Gasteiger partial charge in [-0.3, -0.25) is 9.59 Å². The van der Waals surface area contributed by atoms with Gasteiger partial charge in [-0.05, 0) is 31.3 Å². The SMILES string of the molecule is CC1(C(=O)N2CCN(C(=O)c3cccs3)CC2)CCNC1.Cl. The molecule has 7 heteroatoms. The predicted molar refractivity (Wildman–Crippen MR) is 89.6 cm³/mol. The van der Waals surface area contributed by atoms with Crippen LogP contribution >= 0.6 is 23.7 Å². The zero-order valence-corrected chi connectivity index (χ0v) is 14.3. The molecule has 3 rings (SSSR count). The number of piperazine rings is 1. The molecule has 0 saturated carbocycles. The average molecular weight is 344 g/mol. The smallest absolute Gasteiger partial charge is 0.264 e. The van der Waals surface area contributed by atoms with Gasteiger partial charge < -0.3 is 15.1 Å². The van der Waals surface area contributed by atoms with E-state index in [0.717, 1.165) is 24.4 Å². The summed E-state index contributed by atoms with van der Waals surface area (Å²) >= 11 is 1.47. The van der Waals surface area contributed by atoms with Gasteiger partial charge in [0.2, 0.25) is 5.91 Å². The molecule has 0 aromatic carbocycles. The Morgan fingerprint density at radius 3 is 2.45 bits per heavy atom. The summed E-state index contributed by atoms with van der Waals surface area (Å²) < 4.78 is 0. The minimum Gasteiger partial charge on any atom is -0.339 e. The van der Waals surface area contributed by atoms with Gasteiger partial charge in [-0.15, -0.1) is 23.7 Å². The van der Waals surface area contributed by atoms with Crippen molar-refractivity contribution in [2.24, 2.45) is 5.41 Å². The Hall–Kier alpha value is -1.11. The van der Waals surface area contributed by atoms with Crippen molar-refractivity contribution in [2.75, 3.05) is 39.3 Å². The highest BCUT2D eigenvalue weighted by molar-refractivity contribution is 7.12. The van der Waals surface area contributed by atoms with E-state index in [1.807, 2.05) is 34.2 Å². The molecule has 0 aliphatic carbocycles. The molecule has 0 bridgehead atoms. The number of hydrogen-bond donors (Lipinski definition) is 1. The summed E-state index contributed by atoms with van der Waals surface area (Å²) in [6.07, 6.45) is 0.903. The molecular weight excluding hydrogens is 322 g/mol. The van der Waals surface area contributed by atoms with Gasteiger partial charge in [-0.2, -0.15) is 0 Å². The molecule has 0 radical (unpaired) electrons. The average Bonchev–Trinajstić information content (AvgIpc) is 3.18. The van der Waals surface area contributed by atoms with Gasteiger partial charge in [0, 0.05) is 32.7 Å². The van der Waals surface area contributed by atoms with Crippen LogP contribution in [0.2, 0.25) is 0 Å². The van der Waals surface area contributed by atoms with E-state index in [9.17, 15) is 9.59 Å². The molecule has 3 heterocycles. The lowest BCUT2D eigenvalue weighted by Gasteiger charge is -2.38. The van der Waals surface area contributed by atoms with E-state index < -0.39 is 0 Å². The zero-order valence-electron chi connectivity index (χ0n) is 12.7. The van der Waals surface area contributed by atoms with Crippen LogP contribution in [0.15, 0.2) is 17.5 Å². The first kappa shape index (κ1) is 17.2. The van der Waals surface area contributed by atoms with Gasteiger partial charge in [-0.25, -0.2) is 0 Å². The summed E-state index contributed by atoms with van der Waals surface area (Å²) in [4.78, 5) is 29.4. The Balaban J connectivity index is 0.00000176. The Bertz CT molecular complexity index is 521. The Kier molecular flexibility index (Phi) is 5.47. The van der Waals surface area contributed by atoms with E-state index in [0.29, 0.717) is 26.2 Å². The number of halogens is 1. The second-order valence-electron chi connectivity index (χ2n) is 6.05. The Morgan fingerprint density at radius 2 is 1.91 bits per heavy atom. The van der Waals surface area contributed by atoms with Crippen molar-refractivity contribution < 1.29 is 9.59 Å². The summed E-state index contributed by atoms with van der Waals surface area (Å²) in [5, 5.41) is 5.19. The fraction of sp³-hybridized carbons (Fsp3) is 0.600. The maximum absolute atomic E-state index is 12.6. The lowest BCUT2D eigenvalue weighted by atomic mass is 9.88. The quantitative estimate of drug-likeness (QED) is 0.884. The van der Waals surface area contributed by atoms with Crippen LogP contribution in [0, 0.1) is 5.41 Å². The van der Waals surface area contributed by atoms with Crippen LogP contribution in [0.1, 0.15) is 23.0 Å². The summed E-state index contributed by atoms with van der Waals surface area (Å²) in [6, 6.07) is 3.75. The number of thiophene rings is 1. The molecule has 2 aliphatic heterocycles. The van der Waals surface area contributed by atoms with Gasteiger partial charge >= 0.3 is 0 Å². The van der Waals surface area contributed by atoms with Crippen molar-refractivity contribution >= 4 is 35.6 Å². The third-order valence-electron chi connectivity index (χ3n) is 4.47. The maximum atomic E-state index is 12.6. The molecule has 2 saturated heterocycles. The molecule has 0 spiro atoms. The number of carbonyl (C=O) groups is 2. The van der Waals surface area contributed by atoms with E-state index in [-0.39, 0.29) is 29.6 Å². The fourth-order valence-electron chi connectivity index (χ4n) is 3.05. The highest BCUT2D eigenvalue weighted by Gasteiger charge is 2.40. The number of hydrogen-bond acceptors (Lipinski definition) is 4. The molecular formula is C15H22ClN3O2S. The van der Waals surface area contributed by atoms with Crippen LogP contribution < -0.4 is 5.32 Å². The van der Waals surface area contributed by atoms with E-state index in [1.165, 1.54) is 11.3 Å². The largest absolute Gasteiger partial charge is 0.339 e. The predicted octanol–water partition coefficient (Wildman–Crippen LogP) is 1.45. The third kappa shape index (κ3) is 3.29. The Labute approximate surface area is 141 Å². The molecule has 2 aliphatic rings. The first-order valence-corrected chi connectivity index (χ1v) is 8.31. The van der Waals surface area contributed by atoms with E-state index in [2.05, 4.69) is 5.32 Å². The molecule has 2 fully saturated rings. The second-order valence-corrected chi connectivity index (χ2v) is 7.00. The number of carbonyl (C=O) groups excluding carboxylic acids is 2. The lowest BCUT2D eigenvalue weighted by Crippen LogP contribution is -2.54. The zero-order chi connectivity index (χ0) is 14.9. The highest BCUT2D eigenvalue weighted by Crippen LogP contribution is 2.27. The Morgan fingerprint density at radius 1 is 1.23 bits per heavy atom. The molecule has 122 valence electrons. The summed E-state index contributed by atoms with van der Waals surface area (Å²) in [7, 11) is 0. The molecule has 2 amide bonds. The van der Waals surface area contributed by atoms with Crippen LogP contribution in [0.3, 0.4) is 0 Å². The van der Waals surface area contributed by atoms with Crippen LogP contribution in [-0.2, 0) is 4.79 Å². The van der Waals surface area contributed by atoms with Gasteiger partial charge in [-0.1, -0.05) is 6.07 Å². The minimum absolute atomic E-state index is 0. The van der Waals surface area contributed by atoms with Crippen molar-refractivity contribution in [3.05, 3.63) is 22.4 Å². The van der Waals surface area contributed by atoms with Crippen molar-refractivity contribution in [2.45, 2.75) is 13.3 Å². The first-order chi connectivity index (χ1) is 10.1. The van der Waals surface area contributed by atoms with Crippen molar-refractivity contribution in [3.63, 3.8) is 0 Å². The third-order valence-corrected chi connectivity index (χ3v) is 5.33. The molecule has 1 unspecified atom stereocenters. The van der Waals surface area contributed by atoms with Gasteiger partial charge in [0.15, 0.2) is 0 Å². The number of rotatable bonds is 2. The van der Waals surface area contributed by atoms with Gasteiger partial charge in [0.1, 0.15) is 0 Å². The summed E-state index contributed by atoms with van der Waals surface area (Å²) in [6.45, 7) is 6.27. The molecule has 1 atom stereocenters.